The molecule has 0 fully saturated rings. The minimum atomic E-state index is -1.07. The minimum Gasteiger partial charge on any atom is -0.504 e. The summed E-state index contributed by atoms with van der Waals surface area (Å²) in [5.74, 6) is -1.90. The Hall–Kier alpha value is -2.13. The fourth-order valence-electron chi connectivity index (χ4n) is 1.91. The Morgan fingerprint density at radius 1 is 1.33 bits per heavy atom. The summed E-state index contributed by atoms with van der Waals surface area (Å²) < 4.78 is 1.05. The quantitative estimate of drug-likeness (QED) is 0.671. The van der Waals surface area contributed by atoms with E-state index < -0.39 is 17.4 Å². The van der Waals surface area contributed by atoms with Gasteiger partial charge in [0, 0.05) is 11.9 Å². The van der Waals surface area contributed by atoms with Crippen molar-refractivity contribution in [1.82, 2.24) is 9.55 Å². The van der Waals surface area contributed by atoms with Crippen LogP contribution in [0.2, 0.25) is 0 Å². The van der Waals surface area contributed by atoms with Gasteiger partial charge >= 0.3 is 11.7 Å². The van der Waals surface area contributed by atoms with Crippen LogP contribution >= 0.6 is 17.0 Å². The zero-order chi connectivity index (χ0) is 14.2. The van der Waals surface area contributed by atoms with Gasteiger partial charge in [0.05, 0.1) is 12.1 Å². The third-order valence-corrected chi connectivity index (χ3v) is 2.83. The molecule has 1 heterocycles. The van der Waals surface area contributed by atoms with E-state index in [1.165, 1.54) is 12.1 Å². The molecule has 21 heavy (non-hydrogen) atoms. The van der Waals surface area contributed by atoms with Crippen molar-refractivity contribution in [2.45, 2.75) is 19.9 Å². The Bertz CT molecular complexity index is 728. The Balaban J connectivity index is 0.00000200. The van der Waals surface area contributed by atoms with Crippen molar-refractivity contribution in [3.8, 4) is 11.5 Å². The van der Waals surface area contributed by atoms with E-state index >= 15 is 0 Å². The van der Waals surface area contributed by atoms with Crippen LogP contribution in [0, 0.1) is 6.92 Å². The predicted molar refractivity (Wildman–Crippen MR) is 80.3 cm³/mol. The fraction of sp³-hybridized carbons (Fsp3) is 0.250. The number of aryl methyl sites for hydroxylation is 2. The Kier molecular flexibility index (Phi) is 6.33. The molecule has 2 aromatic rings. The molecule has 0 bridgehead atoms. The second-order valence-corrected chi connectivity index (χ2v) is 4.10. The first kappa shape index (κ1) is 18.9. The maximum Gasteiger partial charge on any atom is 0.348 e. The second-order valence-electron chi connectivity index (χ2n) is 4.10. The molecule has 2 rings (SSSR count). The standard InChI is InChI=1S/C12H12N2O5.BrH.H2O/c1-6-7-2-3-8(15)11(18)10(7)14(12(19)13-6)5-4-9(16)17;;/h2-3,15,18H,4-5H2,1H3,(H,16,17);1H;1H2. The summed E-state index contributed by atoms with van der Waals surface area (Å²) in [7, 11) is 0. The van der Waals surface area contributed by atoms with Crippen molar-refractivity contribution in [2.75, 3.05) is 0 Å². The lowest BCUT2D eigenvalue weighted by atomic mass is 10.1. The first-order chi connectivity index (χ1) is 8.91. The average molecular weight is 363 g/mol. The molecule has 9 heteroatoms. The molecular weight excluding hydrogens is 348 g/mol. The van der Waals surface area contributed by atoms with Crippen molar-refractivity contribution in [3.05, 3.63) is 28.3 Å². The number of fused-ring (bicyclic) bond motifs is 1. The van der Waals surface area contributed by atoms with Gasteiger partial charge in [0.1, 0.15) is 5.52 Å². The Morgan fingerprint density at radius 2 is 1.95 bits per heavy atom. The molecule has 0 spiro atoms. The van der Waals surface area contributed by atoms with Gasteiger partial charge in [-0.1, -0.05) is 0 Å². The molecule has 0 amide bonds. The first-order valence-corrected chi connectivity index (χ1v) is 5.55. The highest BCUT2D eigenvalue weighted by molar-refractivity contribution is 8.93. The normalized spacial score (nSPS) is 9.76. The third-order valence-electron chi connectivity index (χ3n) is 2.83. The number of carboxylic acid groups (broad SMARTS) is 1. The highest BCUT2D eigenvalue weighted by Gasteiger charge is 2.15. The van der Waals surface area contributed by atoms with Crippen LogP contribution in [0.5, 0.6) is 11.5 Å². The van der Waals surface area contributed by atoms with Crippen LogP contribution in [0.3, 0.4) is 0 Å². The van der Waals surface area contributed by atoms with Crippen molar-refractivity contribution in [1.29, 1.82) is 0 Å². The molecule has 0 atom stereocenters. The van der Waals surface area contributed by atoms with Gasteiger partial charge < -0.3 is 20.8 Å². The van der Waals surface area contributed by atoms with Crippen molar-refractivity contribution < 1.29 is 25.6 Å². The first-order valence-electron chi connectivity index (χ1n) is 5.55. The molecule has 0 unspecified atom stereocenters. The molecule has 1 aromatic carbocycles. The van der Waals surface area contributed by atoms with E-state index in [0.717, 1.165) is 4.57 Å². The van der Waals surface area contributed by atoms with E-state index in [2.05, 4.69) is 4.98 Å². The van der Waals surface area contributed by atoms with Gasteiger partial charge in [-0.25, -0.2) is 4.79 Å². The summed E-state index contributed by atoms with van der Waals surface area (Å²) in [5.41, 5.74) is -0.159. The van der Waals surface area contributed by atoms with E-state index in [1.54, 1.807) is 6.92 Å². The van der Waals surface area contributed by atoms with Crippen LogP contribution in [-0.2, 0) is 11.3 Å². The summed E-state index contributed by atoms with van der Waals surface area (Å²) in [6, 6.07) is 2.81. The molecule has 0 aliphatic heterocycles. The van der Waals surface area contributed by atoms with Crippen LogP contribution in [0.25, 0.3) is 10.9 Å². The van der Waals surface area contributed by atoms with Crippen molar-refractivity contribution in [2.24, 2.45) is 0 Å². The van der Waals surface area contributed by atoms with E-state index in [4.69, 9.17) is 5.11 Å². The molecule has 0 aliphatic rings. The molecule has 5 N–H and O–H groups in total. The van der Waals surface area contributed by atoms with E-state index in [1.807, 2.05) is 0 Å². The number of rotatable bonds is 3. The lowest BCUT2D eigenvalue weighted by Crippen LogP contribution is -2.25. The van der Waals surface area contributed by atoms with Gasteiger partial charge in [0.25, 0.3) is 0 Å². The number of carboxylic acids is 1. The van der Waals surface area contributed by atoms with Crippen LogP contribution < -0.4 is 5.69 Å². The van der Waals surface area contributed by atoms with Crippen molar-refractivity contribution in [3.63, 3.8) is 0 Å². The van der Waals surface area contributed by atoms with Gasteiger partial charge in [0.15, 0.2) is 11.5 Å². The van der Waals surface area contributed by atoms with Gasteiger partial charge in [-0.2, -0.15) is 4.98 Å². The molecule has 116 valence electrons. The molecular formula is C12H15BrN2O6. The summed E-state index contributed by atoms with van der Waals surface area (Å²) in [5, 5.41) is 28.5. The van der Waals surface area contributed by atoms with Crippen LogP contribution in [-0.4, -0.2) is 36.3 Å². The van der Waals surface area contributed by atoms with Gasteiger partial charge in [-0.05, 0) is 19.1 Å². The number of benzene rings is 1. The number of phenolic OH excluding ortho intramolecular Hbond substituents is 2. The van der Waals surface area contributed by atoms with Gasteiger partial charge in [-0.3, -0.25) is 9.36 Å². The predicted octanol–water partition coefficient (Wildman–Crippen LogP) is 0.344. The number of aromatic nitrogens is 2. The number of hydrogen-bond donors (Lipinski definition) is 3. The molecule has 1 aromatic heterocycles. The molecule has 0 aliphatic carbocycles. The smallest absolute Gasteiger partial charge is 0.348 e. The lowest BCUT2D eigenvalue weighted by molar-refractivity contribution is -0.137. The van der Waals surface area contributed by atoms with Crippen molar-refractivity contribution >= 4 is 33.9 Å². The number of phenols is 2. The van der Waals surface area contributed by atoms with Gasteiger partial charge in [-0.15, -0.1) is 17.0 Å². The summed E-state index contributed by atoms with van der Waals surface area (Å²) >= 11 is 0. The van der Waals surface area contributed by atoms with E-state index in [-0.39, 0.29) is 46.7 Å². The minimum absolute atomic E-state index is 0. The second kappa shape index (κ2) is 7.04. The SMILES string of the molecule is Br.Cc1nc(=O)n(CCC(=O)O)c2c(O)c(O)ccc12.O. The zero-order valence-electron chi connectivity index (χ0n) is 11.0. The number of halogens is 1. The number of aliphatic carboxylic acids is 1. The summed E-state index contributed by atoms with van der Waals surface area (Å²) in [6.45, 7) is 1.47. The van der Waals surface area contributed by atoms with E-state index in [0.29, 0.717) is 11.1 Å². The monoisotopic (exact) mass is 362 g/mol. The number of nitrogens with zero attached hydrogens (tertiary/aromatic N) is 2. The van der Waals surface area contributed by atoms with Crippen LogP contribution in [0.15, 0.2) is 16.9 Å². The molecule has 0 radical (unpaired) electrons. The number of carbonyl (C=O) groups is 1. The zero-order valence-corrected chi connectivity index (χ0v) is 12.7. The maximum atomic E-state index is 11.8. The Morgan fingerprint density at radius 3 is 2.52 bits per heavy atom. The summed E-state index contributed by atoms with van der Waals surface area (Å²) in [6.07, 6.45) is -0.283. The molecule has 0 saturated carbocycles. The van der Waals surface area contributed by atoms with E-state index in [9.17, 15) is 19.8 Å². The summed E-state index contributed by atoms with van der Waals surface area (Å²) in [4.78, 5) is 26.2. The molecule has 8 nitrogen and oxygen atoms in total. The van der Waals surface area contributed by atoms with Crippen LogP contribution in [0.1, 0.15) is 12.1 Å². The molecule has 0 saturated heterocycles. The maximum absolute atomic E-state index is 11.8. The number of hydrogen-bond acceptors (Lipinski definition) is 5. The Labute approximate surface area is 129 Å². The van der Waals surface area contributed by atoms with Gasteiger partial charge in [0.2, 0.25) is 0 Å². The highest BCUT2D eigenvalue weighted by Crippen LogP contribution is 2.33. The fourth-order valence-corrected chi connectivity index (χ4v) is 1.91. The largest absolute Gasteiger partial charge is 0.504 e. The average Bonchev–Trinajstić information content (AvgIpc) is 2.33. The van der Waals surface area contributed by atoms with Crippen LogP contribution in [0.4, 0.5) is 0 Å². The third kappa shape index (κ3) is 3.50. The topological polar surface area (TPSA) is 144 Å². The number of aromatic hydroxyl groups is 2. The highest BCUT2D eigenvalue weighted by atomic mass is 79.9. The lowest BCUT2D eigenvalue weighted by Gasteiger charge is -2.12.